The Morgan fingerprint density at radius 3 is 2.64 bits per heavy atom. The normalized spacial score (nSPS) is 16.1. The quantitative estimate of drug-likeness (QED) is 0.588. The predicted molar refractivity (Wildman–Crippen MR) is 104 cm³/mol. The van der Waals surface area contributed by atoms with Gasteiger partial charge in [-0.3, -0.25) is 4.90 Å². The van der Waals surface area contributed by atoms with E-state index in [2.05, 4.69) is 57.0 Å². The smallest absolute Gasteiger partial charge is 0.188 e. The summed E-state index contributed by atoms with van der Waals surface area (Å²) in [6, 6.07) is 12.8. The molecule has 0 aliphatic carbocycles. The highest BCUT2D eigenvalue weighted by molar-refractivity contribution is 7.09. The van der Waals surface area contributed by atoms with E-state index in [-0.39, 0.29) is 0 Å². The summed E-state index contributed by atoms with van der Waals surface area (Å²) in [5.41, 5.74) is 8.44. The lowest BCUT2D eigenvalue weighted by molar-refractivity contribution is 0.0342. The van der Waals surface area contributed by atoms with Crippen molar-refractivity contribution in [3.8, 4) is 0 Å². The number of thiophene rings is 1. The maximum absolute atomic E-state index is 5.94. The minimum Gasteiger partial charge on any atom is -0.379 e. The molecule has 0 amide bonds. The molecule has 2 aromatic rings. The second-order valence-corrected chi connectivity index (χ2v) is 7.19. The molecule has 1 fully saturated rings. The van der Waals surface area contributed by atoms with E-state index in [9.17, 15) is 0 Å². The van der Waals surface area contributed by atoms with Crippen LogP contribution in [0.25, 0.3) is 0 Å². The number of nitrogens with one attached hydrogen (secondary N) is 1. The van der Waals surface area contributed by atoms with Crippen molar-refractivity contribution in [2.75, 3.05) is 32.8 Å². The number of hydrogen-bond donors (Lipinski definition) is 2. The Labute approximate surface area is 153 Å². The Kier molecular flexibility index (Phi) is 6.85. The van der Waals surface area contributed by atoms with E-state index in [1.807, 2.05) is 0 Å². The summed E-state index contributed by atoms with van der Waals surface area (Å²) in [7, 11) is 0. The zero-order chi connectivity index (χ0) is 17.3. The van der Waals surface area contributed by atoms with E-state index in [4.69, 9.17) is 10.5 Å². The van der Waals surface area contributed by atoms with Gasteiger partial charge in [-0.1, -0.05) is 30.3 Å². The van der Waals surface area contributed by atoms with Crippen molar-refractivity contribution >= 4 is 17.3 Å². The Hall–Kier alpha value is -1.89. The highest BCUT2D eigenvalue weighted by Crippen LogP contribution is 2.10. The van der Waals surface area contributed by atoms with E-state index in [0.717, 1.165) is 45.8 Å². The van der Waals surface area contributed by atoms with Crippen LogP contribution in [0.2, 0.25) is 0 Å². The van der Waals surface area contributed by atoms with E-state index < -0.39 is 0 Å². The standard InChI is InChI=1S/C19H26N4OS/c20-19(21-8-7-18-2-1-13-25-18)22-14-16-3-5-17(6-4-16)15-23-9-11-24-12-10-23/h1-6,13H,7-12,14-15H2,(H3,20,21,22). The molecule has 3 N–H and O–H groups in total. The molecule has 0 bridgehead atoms. The van der Waals surface area contributed by atoms with Crippen molar-refractivity contribution in [1.82, 2.24) is 10.2 Å². The van der Waals surface area contributed by atoms with Gasteiger partial charge in [0.15, 0.2) is 5.96 Å². The third-order valence-corrected chi connectivity index (χ3v) is 5.16. The average Bonchev–Trinajstić information content (AvgIpc) is 3.15. The molecule has 1 aliphatic rings. The third-order valence-electron chi connectivity index (χ3n) is 4.22. The molecule has 1 aromatic carbocycles. The van der Waals surface area contributed by atoms with Gasteiger partial charge < -0.3 is 15.8 Å². The van der Waals surface area contributed by atoms with Crippen molar-refractivity contribution in [3.05, 3.63) is 57.8 Å². The van der Waals surface area contributed by atoms with Gasteiger partial charge in [-0.05, 0) is 29.0 Å². The highest BCUT2D eigenvalue weighted by atomic mass is 32.1. The van der Waals surface area contributed by atoms with Crippen LogP contribution in [-0.4, -0.2) is 43.7 Å². The third kappa shape index (κ3) is 6.16. The van der Waals surface area contributed by atoms with Crippen LogP contribution in [0.4, 0.5) is 0 Å². The molecular formula is C19H26N4OS. The van der Waals surface area contributed by atoms with Crippen LogP contribution in [0.5, 0.6) is 0 Å². The highest BCUT2D eigenvalue weighted by Gasteiger charge is 2.10. The maximum atomic E-state index is 5.94. The topological polar surface area (TPSA) is 62.9 Å². The SMILES string of the molecule is NC(=NCc1ccc(CN2CCOCC2)cc1)NCCc1cccs1. The molecule has 0 saturated carbocycles. The summed E-state index contributed by atoms with van der Waals surface area (Å²) in [6.45, 7) is 6.11. The van der Waals surface area contributed by atoms with Crippen LogP contribution in [0.15, 0.2) is 46.8 Å². The minimum atomic E-state index is 0.508. The molecule has 5 nitrogen and oxygen atoms in total. The van der Waals surface area contributed by atoms with Crippen LogP contribution in [0.1, 0.15) is 16.0 Å². The molecule has 1 saturated heterocycles. The van der Waals surface area contributed by atoms with Crippen molar-refractivity contribution in [2.24, 2.45) is 10.7 Å². The molecule has 0 atom stereocenters. The summed E-state index contributed by atoms with van der Waals surface area (Å²) in [5.74, 6) is 0.508. The molecule has 6 heteroatoms. The summed E-state index contributed by atoms with van der Waals surface area (Å²) < 4.78 is 5.39. The maximum Gasteiger partial charge on any atom is 0.188 e. The molecule has 1 aliphatic heterocycles. The number of ether oxygens (including phenoxy) is 1. The van der Waals surface area contributed by atoms with Gasteiger partial charge in [0.05, 0.1) is 19.8 Å². The average molecular weight is 359 g/mol. The van der Waals surface area contributed by atoms with Crippen LogP contribution in [-0.2, 0) is 24.2 Å². The zero-order valence-electron chi connectivity index (χ0n) is 14.5. The molecule has 1 aromatic heterocycles. The van der Waals surface area contributed by atoms with E-state index in [1.54, 1.807) is 11.3 Å². The van der Waals surface area contributed by atoms with Gasteiger partial charge >= 0.3 is 0 Å². The Balaban J connectivity index is 1.40. The van der Waals surface area contributed by atoms with E-state index in [0.29, 0.717) is 12.5 Å². The molecule has 0 unspecified atom stereocenters. The lowest BCUT2D eigenvalue weighted by atomic mass is 10.1. The van der Waals surface area contributed by atoms with Crippen molar-refractivity contribution in [2.45, 2.75) is 19.5 Å². The van der Waals surface area contributed by atoms with Gasteiger partial charge in [0, 0.05) is 31.1 Å². The number of nitrogens with two attached hydrogens (primary N) is 1. The van der Waals surface area contributed by atoms with Gasteiger partial charge in [0.1, 0.15) is 0 Å². The summed E-state index contributed by atoms with van der Waals surface area (Å²) in [5, 5.41) is 5.27. The van der Waals surface area contributed by atoms with Crippen molar-refractivity contribution in [3.63, 3.8) is 0 Å². The summed E-state index contributed by atoms with van der Waals surface area (Å²) in [4.78, 5) is 8.20. The van der Waals surface area contributed by atoms with Crippen LogP contribution >= 0.6 is 11.3 Å². The first-order valence-electron chi connectivity index (χ1n) is 8.74. The van der Waals surface area contributed by atoms with Crippen molar-refractivity contribution in [1.29, 1.82) is 0 Å². The molecule has 134 valence electrons. The fraction of sp³-hybridized carbons (Fsp3) is 0.421. The van der Waals surface area contributed by atoms with E-state index in [1.165, 1.54) is 16.0 Å². The molecule has 0 radical (unpaired) electrons. The van der Waals surface area contributed by atoms with Gasteiger partial charge in [-0.15, -0.1) is 11.3 Å². The lowest BCUT2D eigenvalue weighted by Gasteiger charge is -2.26. The fourth-order valence-electron chi connectivity index (χ4n) is 2.77. The summed E-state index contributed by atoms with van der Waals surface area (Å²) >= 11 is 1.77. The van der Waals surface area contributed by atoms with Crippen LogP contribution in [0, 0.1) is 0 Å². The Morgan fingerprint density at radius 1 is 1.16 bits per heavy atom. The summed E-state index contributed by atoms with van der Waals surface area (Å²) in [6.07, 6.45) is 0.976. The number of guanidine groups is 1. The first kappa shape index (κ1) is 17.9. The number of rotatable bonds is 7. The van der Waals surface area contributed by atoms with Crippen LogP contribution in [0.3, 0.4) is 0 Å². The molecule has 25 heavy (non-hydrogen) atoms. The van der Waals surface area contributed by atoms with E-state index >= 15 is 0 Å². The number of hydrogen-bond acceptors (Lipinski definition) is 4. The van der Waals surface area contributed by atoms with Crippen LogP contribution < -0.4 is 11.1 Å². The second kappa shape index (κ2) is 9.56. The van der Waals surface area contributed by atoms with Crippen molar-refractivity contribution < 1.29 is 4.74 Å². The van der Waals surface area contributed by atoms with Gasteiger partial charge in [0.25, 0.3) is 0 Å². The fourth-order valence-corrected chi connectivity index (χ4v) is 3.48. The Bertz CT molecular complexity index is 649. The first-order valence-corrected chi connectivity index (χ1v) is 9.61. The number of aliphatic imine (C=N–C) groups is 1. The van der Waals surface area contributed by atoms with Gasteiger partial charge in [-0.2, -0.15) is 0 Å². The number of morpholine rings is 1. The molecule has 3 rings (SSSR count). The number of nitrogens with zero attached hydrogens (tertiary/aromatic N) is 2. The second-order valence-electron chi connectivity index (χ2n) is 6.16. The first-order chi connectivity index (χ1) is 12.3. The largest absolute Gasteiger partial charge is 0.379 e. The monoisotopic (exact) mass is 358 g/mol. The minimum absolute atomic E-state index is 0.508. The molecule has 0 spiro atoms. The number of benzene rings is 1. The Morgan fingerprint density at radius 2 is 1.92 bits per heavy atom. The lowest BCUT2D eigenvalue weighted by Crippen LogP contribution is -2.35. The molecule has 2 heterocycles. The predicted octanol–water partition coefficient (Wildman–Crippen LogP) is 2.23. The molecular weight excluding hydrogens is 332 g/mol. The zero-order valence-corrected chi connectivity index (χ0v) is 15.3. The van der Waals surface area contributed by atoms with Gasteiger partial charge in [-0.25, -0.2) is 4.99 Å². The van der Waals surface area contributed by atoms with Gasteiger partial charge in [0.2, 0.25) is 0 Å².